The quantitative estimate of drug-likeness (QED) is 0.796. The van der Waals surface area contributed by atoms with Gasteiger partial charge in [0.05, 0.1) is 19.0 Å². The molecule has 0 bridgehead atoms. The lowest BCUT2D eigenvalue weighted by Crippen LogP contribution is -2.38. The molecular formula is C18H23NO4. The maximum Gasteiger partial charge on any atom is 0.374 e. The first-order chi connectivity index (χ1) is 10.9. The van der Waals surface area contributed by atoms with E-state index in [4.69, 9.17) is 9.15 Å². The molecule has 2 rings (SSSR count). The van der Waals surface area contributed by atoms with Crippen molar-refractivity contribution in [2.45, 2.75) is 32.5 Å². The second-order valence-corrected chi connectivity index (χ2v) is 6.21. The van der Waals surface area contributed by atoms with Gasteiger partial charge in [0.1, 0.15) is 0 Å². The molecule has 1 aromatic heterocycles. The first kappa shape index (κ1) is 17.2. The van der Waals surface area contributed by atoms with Crippen LogP contribution in [0.3, 0.4) is 0 Å². The number of hydrogen-bond donors (Lipinski definition) is 1. The highest BCUT2D eigenvalue weighted by Crippen LogP contribution is 2.18. The van der Waals surface area contributed by atoms with Crippen LogP contribution in [0.4, 0.5) is 0 Å². The van der Waals surface area contributed by atoms with Crippen LogP contribution in [0.5, 0.6) is 0 Å². The molecule has 0 fully saturated rings. The molecule has 0 spiro atoms. The minimum atomic E-state index is -0.843. The Labute approximate surface area is 136 Å². The van der Waals surface area contributed by atoms with E-state index < -0.39 is 11.6 Å². The van der Waals surface area contributed by atoms with E-state index >= 15 is 0 Å². The lowest BCUT2D eigenvalue weighted by atomic mass is 10.1. The van der Waals surface area contributed by atoms with E-state index in [9.17, 15) is 9.90 Å². The Balaban J connectivity index is 2.18. The summed E-state index contributed by atoms with van der Waals surface area (Å²) < 4.78 is 9.97. The summed E-state index contributed by atoms with van der Waals surface area (Å²) in [6, 6.07) is 11.8. The van der Waals surface area contributed by atoms with Gasteiger partial charge in [-0.3, -0.25) is 4.90 Å². The van der Waals surface area contributed by atoms with Gasteiger partial charge in [-0.25, -0.2) is 4.79 Å². The van der Waals surface area contributed by atoms with Crippen LogP contribution in [0, 0.1) is 0 Å². The van der Waals surface area contributed by atoms with Crippen molar-refractivity contribution in [3.05, 3.63) is 59.5 Å². The molecule has 124 valence electrons. The summed E-state index contributed by atoms with van der Waals surface area (Å²) in [5.74, 6) is -0.283. The first-order valence-corrected chi connectivity index (χ1v) is 7.52. The third kappa shape index (κ3) is 5.23. The lowest BCUT2D eigenvalue weighted by Gasteiger charge is -2.29. The van der Waals surface area contributed by atoms with Gasteiger partial charge in [-0.2, -0.15) is 0 Å². The van der Waals surface area contributed by atoms with Crippen LogP contribution in [0.1, 0.15) is 35.5 Å². The van der Waals surface area contributed by atoms with Crippen LogP contribution in [-0.2, 0) is 17.8 Å². The molecule has 0 saturated heterocycles. The number of rotatable bonds is 7. The molecule has 0 unspecified atom stereocenters. The van der Waals surface area contributed by atoms with Crippen molar-refractivity contribution < 1.29 is 19.1 Å². The average Bonchev–Trinajstić information content (AvgIpc) is 2.94. The predicted octanol–water partition coefficient (Wildman–Crippen LogP) is 2.84. The second-order valence-electron chi connectivity index (χ2n) is 6.21. The van der Waals surface area contributed by atoms with E-state index in [0.717, 1.165) is 11.1 Å². The summed E-state index contributed by atoms with van der Waals surface area (Å²) >= 11 is 0. The summed E-state index contributed by atoms with van der Waals surface area (Å²) in [5, 5.41) is 10.2. The van der Waals surface area contributed by atoms with Crippen LogP contribution in [0.15, 0.2) is 47.1 Å². The molecule has 0 atom stereocenters. The molecular weight excluding hydrogens is 294 g/mol. The topological polar surface area (TPSA) is 62.9 Å². The van der Waals surface area contributed by atoms with Gasteiger partial charge in [0, 0.05) is 25.2 Å². The fraction of sp³-hybridized carbons (Fsp3) is 0.389. The second kappa shape index (κ2) is 7.44. The third-order valence-corrected chi connectivity index (χ3v) is 3.37. The number of benzene rings is 1. The Hall–Kier alpha value is -2.11. The molecule has 0 aliphatic carbocycles. The van der Waals surface area contributed by atoms with E-state index in [1.165, 1.54) is 13.4 Å². The summed E-state index contributed by atoms with van der Waals surface area (Å²) in [7, 11) is 1.33. The molecule has 5 heteroatoms. The largest absolute Gasteiger partial charge is 0.463 e. The smallest absolute Gasteiger partial charge is 0.374 e. The highest BCUT2D eigenvalue weighted by atomic mass is 16.5. The number of hydrogen-bond acceptors (Lipinski definition) is 5. The van der Waals surface area contributed by atoms with Crippen molar-refractivity contribution in [3.63, 3.8) is 0 Å². The van der Waals surface area contributed by atoms with Gasteiger partial charge in [-0.05, 0) is 25.5 Å². The number of carbonyl (C=O) groups is 1. The maximum atomic E-state index is 11.7. The van der Waals surface area contributed by atoms with Gasteiger partial charge in [-0.1, -0.05) is 30.3 Å². The molecule has 0 saturated carbocycles. The normalized spacial score (nSPS) is 11.7. The standard InChI is InChI=1S/C18H23NO4/c1-18(2,21)13-19(11-14-7-5-4-6-8-14)12-15-9-10-23-16(15)17(20)22-3/h4-10,21H,11-13H2,1-3H3. The lowest BCUT2D eigenvalue weighted by molar-refractivity contribution is 0.0303. The fourth-order valence-corrected chi connectivity index (χ4v) is 2.53. The zero-order chi connectivity index (χ0) is 16.9. The van der Waals surface area contributed by atoms with Crippen molar-refractivity contribution in [2.24, 2.45) is 0 Å². The van der Waals surface area contributed by atoms with E-state index in [0.29, 0.717) is 19.6 Å². The van der Waals surface area contributed by atoms with E-state index in [-0.39, 0.29) is 5.76 Å². The number of esters is 1. The fourth-order valence-electron chi connectivity index (χ4n) is 2.53. The van der Waals surface area contributed by atoms with Crippen molar-refractivity contribution in [1.29, 1.82) is 0 Å². The molecule has 0 aliphatic rings. The highest BCUT2D eigenvalue weighted by Gasteiger charge is 2.22. The third-order valence-electron chi connectivity index (χ3n) is 3.37. The van der Waals surface area contributed by atoms with Gasteiger partial charge >= 0.3 is 5.97 Å². The number of furan rings is 1. The van der Waals surface area contributed by atoms with Crippen LogP contribution < -0.4 is 0 Å². The van der Waals surface area contributed by atoms with E-state index in [2.05, 4.69) is 4.90 Å². The van der Waals surface area contributed by atoms with Crippen molar-refractivity contribution in [2.75, 3.05) is 13.7 Å². The summed E-state index contributed by atoms with van der Waals surface area (Å²) in [4.78, 5) is 13.8. The Kier molecular flexibility index (Phi) is 5.58. The van der Waals surface area contributed by atoms with Crippen LogP contribution in [0.25, 0.3) is 0 Å². The summed E-state index contributed by atoms with van der Waals surface area (Å²) in [6.45, 7) is 5.15. The Bertz CT molecular complexity index is 628. The summed E-state index contributed by atoms with van der Waals surface area (Å²) in [6.07, 6.45) is 1.48. The molecule has 1 aromatic carbocycles. The van der Waals surface area contributed by atoms with Gasteiger partial charge in [0.15, 0.2) is 0 Å². The Morgan fingerprint density at radius 3 is 2.52 bits per heavy atom. The minimum absolute atomic E-state index is 0.210. The van der Waals surface area contributed by atoms with Gasteiger partial charge < -0.3 is 14.3 Å². The first-order valence-electron chi connectivity index (χ1n) is 7.52. The number of aliphatic hydroxyl groups is 1. The van der Waals surface area contributed by atoms with Crippen LogP contribution in [0.2, 0.25) is 0 Å². The predicted molar refractivity (Wildman–Crippen MR) is 86.9 cm³/mol. The SMILES string of the molecule is COC(=O)c1occc1CN(Cc1ccccc1)CC(C)(C)O. The van der Waals surface area contributed by atoms with Gasteiger partial charge in [0.25, 0.3) is 0 Å². The monoisotopic (exact) mass is 317 g/mol. The molecule has 23 heavy (non-hydrogen) atoms. The number of methoxy groups -OCH3 is 1. The number of ether oxygens (including phenoxy) is 1. The molecule has 0 radical (unpaired) electrons. The molecule has 5 nitrogen and oxygen atoms in total. The number of carbonyl (C=O) groups excluding carboxylic acids is 1. The summed E-state index contributed by atoms with van der Waals surface area (Å²) in [5.41, 5.74) is 1.04. The molecule has 1 N–H and O–H groups in total. The molecule has 1 heterocycles. The zero-order valence-electron chi connectivity index (χ0n) is 13.8. The van der Waals surface area contributed by atoms with Crippen LogP contribution in [-0.4, -0.2) is 35.2 Å². The van der Waals surface area contributed by atoms with E-state index in [1.54, 1.807) is 19.9 Å². The molecule has 2 aromatic rings. The average molecular weight is 317 g/mol. The molecule has 0 aliphatic heterocycles. The van der Waals surface area contributed by atoms with E-state index in [1.807, 2.05) is 30.3 Å². The van der Waals surface area contributed by atoms with Crippen molar-refractivity contribution in [1.82, 2.24) is 4.90 Å². The zero-order valence-corrected chi connectivity index (χ0v) is 13.8. The Morgan fingerprint density at radius 2 is 1.91 bits per heavy atom. The Morgan fingerprint density at radius 1 is 1.22 bits per heavy atom. The van der Waals surface area contributed by atoms with Crippen molar-refractivity contribution in [3.8, 4) is 0 Å². The van der Waals surface area contributed by atoms with Gasteiger partial charge in [-0.15, -0.1) is 0 Å². The van der Waals surface area contributed by atoms with Crippen molar-refractivity contribution >= 4 is 5.97 Å². The maximum absolute atomic E-state index is 11.7. The molecule has 0 amide bonds. The number of nitrogens with zero attached hydrogens (tertiary/aromatic N) is 1. The minimum Gasteiger partial charge on any atom is -0.463 e. The highest BCUT2D eigenvalue weighted by molar-refractivity contribution is 5.87. The van der Waals surface area contributed by atoms with Gasteiger partial charge in [0.2, 0.25) is 5.76 Å². The van der Waals surface area contributed by atoms with Crippen LogP contribution >= 0.6 is 0 Å².